The van der Waals surface area contributed by atoms with E-state index in [4.69, 9.17) is 15.2 Å². The van der Waals surface area contributed by atoms with Gasteiger partial charge in [-0.1, -0.05) is 0 Å². The second-order valence-corrected chi connectivity index (χ2v) is 4.81. The number of methoxy groups -OCH3 is 1. The van der Waals surface area contributed by atoms with Crippen LogP contribution in [0.25, 0.3) is 0 Å². The highest BCUT2D eigenvalue weighted by molar-refractivity contribution is 4.82. The molecule has 1 fully saturated rings. The van der Waals surface area contributed by atoms with E-state index in [-0.39, 0.29) is 11.6 Å². The van der Waals surface area contributed by atoms with Crippen LogP contribution in [0.2, 0.25) is 0 Å². The van der Waals surface area contributed by atoms with Crippen LogP contribution in [0, 0.1) is 5.92 Å². The first-order chi connectivity index (χ1) is 6.55. The lowest BCUT2D eigenvalue weighted by molar-refractivity contribution is -0.0103. The predicted molar refractivity (Wildman–Crippen MR) is 57.2 cm³/mol. The molecule has 3 nitrogen and oxygen atoms in total. The topological polar surface area (TPSA) is 44.5 Å². The molecule has 0 aromatic carbocycles. The highest BCUT2D eigenvalue weighted by atomic mass is 16.5. The normalized spacial score (nSPS) is 26.1. The minimum absolute atomic E-state index is 0.114. The molecule has 0 aromatic heterocycles. The molecule has 0 aliphatic carbocycles. The van der Waals surface area contributed by atoms with E-state index in [0.29, 0.717) is 5.92 Å². The second kappa shape index (κ2) is 5.10. The van der Waals surface area contributed by atoms with Gasteiger partial charge in [-0.25, -0.2) is 0 Å². The lowest BCUT2D eigenvalue weighted by Crippen LogP contribution is -2.41. The number of rotatable bonds is 4. The third-order valence-electron chi connectivity index (χ3n) is 3.08. The van der Waals surface area contributed by atoms with Crippen LogP contribution in [0.1, 0.15) is 33.1 Å². The Morgan fingerprint density at radius 3 is 2.79 bits per heavy atom. The molecule has 0 saturated carbocycles. The summed E-state index contributed by atoms with van der Waals surface area (Å²) in [7, 11) is 1.74. The Morgan fingerprint density at radius 1 is 1.57 bits per heavy atom. The highest BCUT2D eigenvalue weighted by Crippen LogP contribution is 2.23. The molecular formula is C11H23NO2. The Hall–Kier alpha value is -0.120. The fourth-order valence-electron chi connectivity index (χ4n) is 1.92. The number of ether oxygens (including phenoxy) is 2. The maximum absolute atomic E-state index is 6.15. The lowest BCUT2D eigenvalue weighted by Gasteiger charge is -2.33. The molecule has 0 aromatic rings. The van der Waals surface area contributed by atoms with E-state index in [2.05, 4.69) is 13.8 Å². The van der Waals surface area contributed by atoms with E-state index in [1.54, 1.807) is 7.11 Å². The minimum Gasteiger partial charge on any atom is -0.381 e. The second-order valence-electron chi connectivity index (χ2n) is 4.81. The minimum atomic E-state index is -0.114. The summed E-state index contributed by atoms with van der Waals surface area (Å²) in [6.45, 7) is 5.88. The van der Waals surface area contributed by atoms with Crippen molar-refractivity contribution in [3.63, 3.8) is 0 Å². The molecule has 1 saturated heterocycles. The van der Waals surface area contributed by atoms with Gasteiger partial charge in [-0.15, -0.1) is 0 Å². The molecule has 14 heavy (non-hydrogen) atoms. The Bertz CT molecular complexity index is 165. The molecule has 84 valence electrons. The van der Waals surface area contributed by atoms with Gasteiger partial charge in [0, 0.05) is 19.8 Å². The summed E-state index contributed by atoms with van der Waals surface area (Å²) >= 11 is 0. The Morgan fingerprint density at radius 2 is 2.29 bits per heavy atom. The van der Waals surface area contributed by atoms with E-state index in [1.165, 1.54) is 6.42 Å². The zero-order valence-corrected chi connectivity index (χ0v) is 9.58. The first kappa shape index (κ1) is 12.0. The van der Waals surface area contributed by atoms with Gasteiger partial charge in [-0.05, 0) is 39.0 Å². The van der Waals surface area contributed by atoms with E-state index in [1.807, 2.05) is 0 Å². The van der Waals surface area contributed by atoms with Gasteiger partial charge in [0.15, 0.2) is 0 Å². The summed E-state index contributed by atoms with van der Waals surface area (Å²) in [4.78, 5) is 0. The molecule has 0 bridgehead atoms. The van der Waals surface area contributed by atoms with Crippen molar-refractivity contribution >= 4 is 0 Å². The third-order valence-corrected chi connectivity index (χ3v) is 3.08. The smallest absolute Gasteiger partial charge is 0.0637 e. The average Bonchev–Trinajstić information content (AvgIpc) is 2.19. The summed E-state index contributed by atoms with van der Waals surface area (Å²) < 4.78 is 10.8. The zero-order chi connectivity index (χ0) is 10.6. The van der Waals surface area contributed by atoms with Gasteiger partial charge in [-0.3, -0.25) is 0 Å². The fourth-order valence-corrected chi connectivity index (χ4v) is 1.92. The molecule has 1 rings (SSSR count). The monoisotopic (exact) mass is 201 g/mol. The molecule has 2 unspecified atom stereocenters. The molecule has 2 N–H and O–H groups in total. The SMILES string of the molecule is COC(C)(C)CC(N)C1CCCOC1. The highest BCUT2D eigenvalue weighted by Gasteiger charge is 2.27. The predicted octanol–water partition coefficient (Wildman–Crippen LogP) is 1.56. The number of hydrogen-bond donors (Lipinski definition) is 1. The molecular weight excluding hydrogens is 178 g/mol. The van der Waals surface area contributed by atoms with Gasteiger partial charge < -0.3 is 15.2 Å². The average molecular weight is 201 g/mol. The Labute approximate surface area is 86.9 Å². The Kier molecular flexibility index (Phi) is 4.35. The van der Waals surface area contributed by atoms with Crippen LogP contribution < -0.4 is 5.73 Å². The quantitative estimate of drug-likeness (QED) is 0.750. The van der Waals surface area contributed by atoms with E-state index < -0.39 is 0 Å². The van der Waals surface area contributed by atoms with Crippen molar-refractivity contribution < 1.29 is 9.47 Å². The van der Waals surface area contributed by atoms with Crippen LogP contribution in [-0.2, 0) is 9.47 Å². The molecule has 1 aliphatic heterocycles. The van der Waals surface area contributed by atoms with E-state index in [9.17, 15) is 0 Å². The van der Waals surface area contributed by atoms with Crippen molar-refractivity contribution in [1.29, 1.82) is 0 Å². The Balaban J connectivity index is 2.36. The van der Waals surface area contributed by atoms with Crippen LogP contribution in [0.4, 0.5) is 0 Å². The van der Waals surface area contributed by atoms with Crippen LogP contribution in [-0.4, -0.2) is 32.0 Å². The van der Waals surface area contributed by atoms with Crippen molar-refractivity contribution in [2.75, 3.05) is 20.3 Å². The summed E-state index contributed by atoms with van der Waals surface area (Å²) in [6, 6.07) is 0.199. The van der Waals surface area contributed by atoms with Crippen molar-refractivity contribution in [3.05, 3.63) is 0 Å². The first-order valence-corrected chi connectivity index (χ1v) is 5.43. The molecule has 0 radical (unpaired) electrons. The summed E-state index contributed by atoms with van der Waals surface area (Å²) in [5.74, 6) is 0.512. The lowest BCUT2D eigenvalue weighted by atomic mass is 9.87. The van der Waals surface area contributed by atoms with Gasteiger partial charge in [0.05, 0.1) is 12.2 Å². The van der Waals surface area contributed by atoms with Crippen LogP contribution in [0.5, 0.6) is 0 Å². The first-order valence-electron chi connectivity index (χ1n) is 5.43. The molecule has 2 atom stereocenters. The van der Waals surface area contributed by atoms with Gasteiger partial charge in [-0.2, -0.15) is 0 Å². The van der Waals surface area contributed by atoms with Gasteiger partial charge >= 0.3 is 0 Å². The molecule has 1 heterocycles. The summed E-state index contributed by atoms with van der Waals surface area (Å²) in [6.07, 6.45) is 3.24. The summed E-state index contributed by atoms with van der Waals surface area (Å²) in [5, 5.41) is 0. The van der Waals surface area contributed by atoms with E-state index >= 15 is 0 Å². The molecule has 0 amide bonds. The van der Waals surface area contributed by atoms with Crippen LogP contribution in [0.15, 0.2) is 0 Å². The van der Waals surface area contributed by atoms with Gasteiger partial charge in [0.25, 0.3) is 0 Å². The molecule has 1 aliphatic rings. The maximum Gasteiger partial charge on any atom is 0.0637 e. The number of hydrogen-bond acceptors (Lipinski definition) is 3. The van der Waals surface area contributed by atoms with E-state index in [0.717, 1.165) is 26.1 Å². The standard InChI is InChI=1S/C11H23NO2/c1-11(2,13-3)7-10(12)9-5-4-6-14-8-9/h9-10H,4-8,12H2,1-3H3. The fraction of sp³-hybridized carbons (Fsp3) is 1.00. The third kappa shape index (κ3) is 3.56. The van der Waals surface area contributed by atoms with Crippen molar-refractivity contribution in [3.8, 4) is 0 Å². The van der Waals surface area contributed by atoms with Crippen molar-refractivity contribution in [2.45, 2.75) is 44.8 Å². The van der Waals surface area contributed by atoms with Gasteiger partial charge in [0.1, 0.15) is 0 Å². The molecule has 3 heteroatoms. The summed E-state index contributed by atoms with van der Waals surface area (Å²) in [5.41, 5.74) is 6.04. The molecule has 0 spiro atoms. The largest absolute Gasteiger partial charge is 0.381 e. The van der Waals surface area contributed by atoms with Crippen molar-refractivity contribution in [1.82, 2.24) is 0 Å². The number of nitrogens with two attached hydrogens (primary N) is 1. The zero-order valence-electron chi connectivity index (χ0n) is 9.58. The van der Waals surface area contributed by atoms with Gasteiger partial charge in [0.2, 0.25) is 0 Å². The van der Waals surface area contributed by atoms with Crippen molar-refractivity contribution in [2.24, 2.45) is 11.7 Å². The van der Waals surface area contributed by atoms with Crippen LogP contribution >= 0.6 is 0 Å². The van der Waals surface area contributed by atoms with Crippen LogP contribution in [0.3, 0.4) is 0 Å². The maximum atomic E-state index is 6.15.